The first kappa shape index (κ1) is 19.8. The van der Waals surface area contributed by atoms with Crippen molar-refractivity contribution in [3.05, 3.63) is 53.6 Å². The van der Waals surface area contributed by atoms with Gasteiger partial charge in [0.2, 0.25) is 0 Å². The Bertz CT molecular complexity index is 777. The van der Waals surface area contributed by atoms with E-state index in [0.29, 0.717) is 29.1 Å². The van der Waals surface area contributed by atoms with Gasteiger partial charge in [-0.15, -0.1) is 11.8 Å². The van der Waals surface area contributed by atoms with Gasteiger partial charge in [0.25, 0.3) is 11.8 Å². The summed E-state index contributed by atoms with van der Waals surface area (Å²) in [5.41, 5.74) is 1.34. The fourth-order valence-electron chi connectivity index (χ4n) is 2.44. The molecule has 2 amide bonds. The standard InChI is InChI=1S/C20H24N2O3S/c1-4-5-12-21-19(23)15-8-6-7-9-17(15)22-20(24)16-11-10-14(26-3)13-18(16)25-2/h6-11,13H,4-5,12H2,1-3H3,(H,21,23)(H,22,24). The number of carbonyl (C=O) groups excluding carboxylic acids is 2. The molecule has 0 fully saturated rings. The average molecular weight is 372 g/mol. The smallest absolute Gasteiger partial charge is 0.259 e. The van der Waals surface area contributed by atoms with Crippen LogP contribution in [0.3, 0.4) is 0 Å². The Morgan fingerprint density at radius 3 is 2.54 bits per heavy atom. The number of unbranched alkanes of at least 4 members (excludes halogenated alkanes) is 1. The highest BCUT2D eigenvalue weighted by Crippen LogP contribution is 2.26. The Labute approximate surface area is 158 Å². The minimum atomic E-state index is -0.316. The number of methoxy groups -OCH3 is 1. The number of carbonyl (C=O) groups is 2. The molecular formula is C20H24N2O3S. The molecular weight excluding hydrogens is 348 g/mol. The van der Waals surface area contributed by atoms with Crippen molar-refractivity contribution in [2.45, 2.75) is 24.7 Å². The molecule has 0 aliphatic heterocycles. The van der Waals surface area contributed by atoms with Gasteiger partial charge in [0.05, 0.1) is 23.9 Å². The molecule has 0 aliphatic rings. The molecule has 0 spiro atoms. The number of amides is 2. The third-order valence-electron chi connectivity index (χ3n) is 3.89. The van der Waals surface area contributed by atoms with Crippen LogP contribution in [0.25, 0.3) is 0 Å². The highest BCUT2D eigenvalue weighted by atomic mass is 32.2. The Balaban J connectivity index is 2.21. The molecule has 138 valence electrons. The van der Waals surface area contributed by atoms with Crippen LogP contribution in [-0.2, 0) is 0 Å². The van der Waals surface area contributed by atoms with E-state index in [1.165, 1.54) is 7.11 Å². The summed E-state index contributed by atoms with van der Waals surface area (Å²) >= 11 is 1.57. The van der Waals surface area contributed by atoms with Crippen LogP contribution in [0.4, 0.5) is 5.69 Å². The number of anilines is 1. The monoisotopic (exact) mass is 372 g/mol. The lowest BCUT2D eigenvalue weighted by Crippen LogP contribution is -2.26. The van der Waals surface area contributed by atoms with Crippen molar-refractivity contribution in [1.29, 1.82) is 0 Å². The van der Waals surface area contributed by atoms with E-state index in [1.807, 2.05) is 18.4 Å². The molecule has 2 aromatic carbocycles. The SMILES string of the molecule is CCCCNC(=O)c1ccccc1NC(=O)c1ccc(SC)cc1OC. The van der Waals surface area contributed by atoms with E-state index in [2.05, 4.69) is 17.6 Å². The number of ether oxygens (including phenoxy) is 1. The summed E-state index contributed by atoms with van der Waals surface area (Å²) in [7, 11) is 1.53. The second-order valence-corrected chi connectivity index (χ2v) is 6.56. The van der Waals surface area contributed by atoms with Gasteiger partial charge < -0.3 is 15.4 Å². The van der Waals surface area contributed by atoms with E-state index in [4.69, 9.17) is 4.74 Å². The maximum Gasteiger partial charge on any atom is 0.259 e. The first-order valence-electron chi connectivity index (χ1n) is 8.51. The largest absolute Gasteiger partial charge is 0.496 e. The molecule has 0 radical (unpaired) electrons. The maximum absolute atomic E-state index is 12.7. The average Bonchev–Trinajstić information content (AvgIpc) is 2.67. The number of para-hydroxylation sites is 1. The first-order valence-corrected chi connectivity index (χ1v) is 9.73. The van der Waals surface area contributed by atoms with Crippen LogP contribution in [-0.4, -0.2) is 31.7 Å². The minimum absolute atomic E-state index is 0.195. The number of rotatable bonds is 8. The first-order chi connectivity index (χ1) is 12.6. The Hall–Kier alpha value is -2.47. The molecule has 2 N–H and O–H groups in total. The van der Waals surface area contributed by atoms with Gasteiger partial charge in [-0.05, 0) is 43.0 Å². The van der Waals surface area contributed by atoms with Crippen molar-refractivity contribution in [3.63, 3.8) is 0 Å². The zero-order valence-corrected chi connectivity index (χ0v) is 16.1. The molecule has 0 atom stereocenters. The maximum atomic E-state index is 12.7. The van der Waals surface area contributed by atoms with Crippen molar-refractivity contribution in [2.75, 3.05) is 25.2 Å². The topological polar surface area (TPSA) is 67.4 Å². The fraction of sp³-hybridized carbons (Fsp3) is 0.300. The predicted molar refractivity (Wildman–Crippen MR) is 106 cm³/mol. The Morgan fingerprint density at radius 1 is 1.08 bits per heavy atom. The zero-order valence-electron chi connectivity index (χ0n) is 15.3. The van der Waals surface area contributed by atoms with Gasteiger partial charge in [0.1, 0.15) is 5.75 Å². The summed E-state index contributed by atoms with van der Waals surface area (Å²) in [5, 5.41) is 5.70. The lowest BCUT2D eigenvalue weighted by molar-refractivity contribution is 0.0954. The summed E-state index contributed by atoms with van der Waals surface area (Å²) in [4.78, 5) is 26.1. The Morgan fingerprint density at radius 2 is 1.85 bits per heavy atom. The molecule has 5 nitrogen and oxygen atoms in total. The van der Waals surface area contributed by atoms with E-state index < -0.39 is 0 Å². The van der Waals surface area contributed by atoms with Crippen molar-refractivity contribution in [2.24, 2.45) is 0 Å². The van der Waals surface area contributed by atoms with Gasteiger partial charge in [-0.25, -0.2) is 0 Å². The number of benzene rings is 2. The highest BCUT2D eigenvalue weighted by molar-refractivity contribution is 7.98. The molecule has 2 rings (SSSR count). The second kappa shape index (κ2) is 9.87. The van der Waals surface area contributed by atoms with Gasteiger partial charge in [0.15, 0.2) is 0 Å². The van der Waals surface area contributed by atoms with Crippen LogP contribution >= 0.6 is 11.8 Å². The molecule has 0 saturated carbocycles. The quantitative estimate of drug-likeness (QED) is 0.538. The van der Waals surface area contributed by atoms with Gasteiger partial charge in [-0.3, -0.25) is 9.59 Å². The van der Waals surface area contributed by atoms with Crippen molar-refractivity contribution < 1.29 is 14.3 Å². The van der Waals surface area contributed by atoms with Gasteiger partial charge in [0, 0.05) is 11.4 Å². The highest BCUT2D eigenvalue weighted by Gasteiger charge is 2.17. The normalized spacial score (nSPS) is 10.3. The lowest BCUT2D eigenvalue weighted by atomic mass is 10.1. The van der Waals surface area contributed by atoms with Crippen LogP contribution in [0.2, 0.25) is 0 Å². The summed E-state index contributed by atoms with van der Waals surface area (Å²) in [6.07, 6.45) is 3.88. The lowest BCUT2D eigenvalue weighted by Gasteiger charge is -2.13. The predicted octanol–water partition coefficient (Wildman–Crippen LogP) is 4.20. The summed E-state index contributed by atoms with van der Waals surface area (Å²) < 4.78 is 5.34. The van der Waals surface area contributed by atoms with Gasteiger partial charge in [-0.2, -0.15) is 0 Å². The van der Waals surface area contributed by atoms with Crippen molar-refractivity contribution >= 4 is 29.3 Å². The van der Waals surface area contributed by atoms with Crippen LogP contribution in [0.1, 0.15) is 40.5 Å². The molecule has 0 saturated heterocycles. The molecule has 0 heterocycles. The number of hydrogen-bond acceptors (Lipinski definition) is 4. The van der Waals surface area contributed by atoms with E-state index in [9.17, 15) is 9.59 Å². The molecule has 2 aromatic rings. The second-order valence-electron chi connectivity index (χ2n) is 5.68. The van der Waals surface area contributed by atoms with E-state index in [-0.39, 0.29) is 11.8 Å². The Kier molecular flexibility index (Phi) is 7.53. The zero-order chi connectivity index (χ0) is 18.9. The molecule has 26 heavy (non-hydrogen) atoms. The van der Waals surface area contributed by atoms with E-state index in [1.54, 1.807) is 42.1 Å². The van der Waals surface area contributed by atoms with Crippen LogP contribution in [0.5, 0.6) is 5.75 Å². The molecule has 0 aromatic heterocycles. The number of nitrogens with one attached hydrogen (secondary N) is 2. The van der Waals surface area contributed by atoms with Gasteiger partial charge in [-0.1, -0.05) is 25.5 Å². The minimum Gasteiger partial charge on any atom is -0.496 e. The molecule has 6 heteroatoms. The molecule has 0 aliphatic carbocycles. The number of hydrogen-bond donors (Lipinski definition) is 2. The molecule has 0 bridgehead atoms. The van der Waals surface area contributed by atoms with Crippen LogP contribution < -0.4 is 15.4 Å². The molecule has 0 unspecified atom stereocenters. The van der Waals surface area contributed by atoms with Crippen LogP contribution in [0.15, 0.2) is 47.4 Å². The third-order valence-corrected chi connectivity index (χ3v) is 4.61. The van der Waals surface area contributed by atoms with E-state index in [0.717, 1.165) is 17.7 Å². The van der Waals surface area contributed by atoms with Gasteiger partial charge >= 0.3 is 0 Å². The summed E-state index contributed by atoms with van der Waals surface area (Å²) in [5.74, 6) is -0.0124. The van der Waals surface area contributed by atoms with Crippen LogP contribution in [0, 0.1) is 0 Å². The summed E-state index contributed by atoms with van der Waals surface area (Å²) in [6, 6.07) is 12.4. The van der Waals surface area contributed by atoms with E-state index >= 15 is 0 Å². The van der Waals surface area contributed by atoms with Crippen molar-refractivity contribution in [1.82, 2.24) is 5.32 Å². The third kappa shape index (κ3) is 5.02. The van der Waals surface area contributed by atoms with Crippen molar-refractivity contribution in [3.8, 4) is 5.75 Å². The summed E-state index contributed by atoms with van der Waals surface area (Å²) in [6.45, 7) is 2.68. The fourth-order valence-corrected chi connectivity index (χ4v) is 2.87. The number of thioether (sulfide) groups is 1.